The molecule has 72 valence electrons. The molecule has 0 fully saturated rings. The lowest BCUT2D eigenvalue weighted by Crippen LogP contribution is -1.86. The Kier molecular flexibility index (Phi) is 1.94. The van der Waals surface area contributed by atoms with Gasteiger partial charge in [-0.2, -0.15) is 0 Å². The first-order valence-corrected chi connectivity index (χ1v) is 3.99. The van der Waals surface area contributed by atoms with Crippen LogP contribution in [0.4, 0.5) is 5.69 Å². The molecule has 1 heterocycles. The predicted octanol–water partition coefficient (Wildman–Crippen LogP) is 1.83. The average Bonchev–Trinajstić information content (AvgIpc) is 2.59. The van der Waals surface area contributed by atoms with E-state index in [4.69, 9.17) is 9.52 Å². The SMILES string of the molecule is O=[N+]([O-])c1cccc2oc(CO)cc12. The Balaban J connectivity index is 2.73. The summed E-state index contributed by atoms with van der Waals surface area (Å²) in [4.78, 5) is 10.1. The van der Waals surface area contributed by atoms with Crippen LogP contribution in [0, 0.1) is 10.1 Å². The predicted molar refractivity (Wildman–Crippen MR) is 48.8 cm³/mol. The van der Waals surface area contributed by atoms with E-state index >= 15 is 0 Å². The molecule has 0 aliphatic heterocycles. The maximum atomic E-state index is 10.6. The molecule has 1 aromatic carbocycles. The second kappa shape index (κ2) is 3.12. The minimum atomic E-state index is -0.473. The summed E-state index contributed by atoms with van der Waals surface area (Å²) in [5, 5.41) is 19.8. The molecule has 14 heavy (non-hydrogen) atoms. The number of rotatable bonds is 2. The number of non-ortho nitro benzene ring substituents is 1. The minimum absolute atomic E-state index is 0.00838. The number of aliphatic hydroxyl groups is 1. The Morgan fingerprint density at radius 2 is 2.29 bits per heavy atom. The normalized spacial score (nSPS) is 10.6. The number of nitro benzene ring substituents is 1. The molecule has 0 radical (unpaired) electrons. The van der Waals surface area contributed by atoms with Gasteiger partial charge in [0.05, 0.1) is 10.3 Å². The highest BCUT2D eigenvalue weighted by Gasteiger charge is 2.14. The molecule has 0 atom stereocenters. The summed E-state index contributed by atoms with van der Waals surface area (Å²) < 4.78 is 5.15. The number of hydrogen-bond donors (Lipinski definition) is 1. The van der Waals surface area contributed by atoms with Gasteiger partial charge in [-0.15, -0.1) is 0 Å². The molecule has 5 heteroatoms. The maximum absolute atomic E-state index is 10.6. The molecule has 0 aliphatic carbocycles. The van der Waals surface area contributed by atoms with E-state index < -0.39 is 4.92 Å². The first kappa shape index (κ1) is 8.71. The van der Waals surface area contributed by atoms with Crippen molar-refractivity contribution >= 4 is 16.7 Å². The third-order valence-corrected chi connectivity index (χ3v) is 1.94. The number of benzene rings is 1. The summed E-state index contributed by atoms with van der Waals surface area (Å²) in [6.07, 6.45) is 0. The summed E-state index contributed by atoms with van der Waals surface area (Å²) >= 11 is 0. The third-order valence-electron chi connectivity index (χ3n) is 1.94. The maximum Gasteiger partial charge on any atom is 0.280 e. The van der Waals surface area contributed by atoms with Gasteiger partial charge in [-0.1, -0.05) is 6.07 Å². The molecule has 0 spiro atoms. The molecule has 0 saturated carbocycles. The van der Waals surface area contributed by atoms with Crippen molar-refractivity contribution in [1.82, 2.24) is 0 Å². The van der Waals surface area contributed by atoms with Gasteiger partial charge in [0.25, 0.3) is 5.69 Å². The van der Waals surface area contributed by atoms with Gasteiger partial charge < -0.3 is 9.52 Å². The van der Waals surface area contributed by atoms with Crippen molar-refractivity contribution in [1.29, 1.82) is 0 Å². The molecule has 0 amide bonds. The monoisotopic (exact) mass is 193 g/mol. The van der Waals surface area contributed by atoms with Crippen molar-refractivity contribution in [3.63, 3.8) is 0 Å². The largest absolute Gasteiger partial charge is 0.458 e. The minimum Gasteiger partial charge on any atom is -0.458 e. The lowest BCUT2D eigenvalue weighted by atomic mass is 10.2. The first-order valence-electron chi connectivity index (χ1n) is 3.99. The van der Waals surface area contributed by atoms with Crippen molar-refractivity contribution in [2.75, 3.05) is 0 Å². The quantitative estimate of drug-likeness (QED) is 0.583. The summed E-state index contributed by atoms with van der Waals surface area (Å²) in [6, 6.07) is 6.05. The molecule has 0 bridgehead atoms. The fourth-order valence-corrected chi connectivity index (χ4v) is 1.34. The van der Waals surface area contributed by atoms with Gasteiger partial charge in [0.1, 0.15) is 18.0 Å². The summed E-state index contributed by atoms with van der Waals surface area (Å²) in [5.74, 6) is 0.328. The molecular weight excluding hydrogens is 186 g/mol. The molecule has 1 N–H and O–H groups in total. The highest BCUT2D eigenvalue weighted by molar-refractivity contribution is 5.87. The molecular formula is C9H7NO4. The molecule has 0 unspecified atom stereocenters. The summed E-state index contributed by atoms with van der Waals surface area (Å²) in [5.41, 5.74) is 0.411. The number of nitrogens with zero attached hydrogens (tertiary/aromatic N) is 1. The van der Waals surface area contributed by atoms with Gasteiger partial charge >= 0.3 is 0 Å². The number of fused-ring (bicyclic) bond motifs is 1. The second-order valence-electron chi connectivity index (χ2n) is 2.82. The van der Waals surface area contributed by atoms with Crippen LogP contribution in [-0.2, 0) is 6.61 Å². The highest BCUT2D eigenvalue weighted by Crippen LogP contribution is 2.28. The molecule has 1 aromatic heterocycles. The summed E-state index contributed by atoms with van der Waals surface area (Å²) in [7, 11) is 0. The molecule has 0 aliphatic rings. The van der Waals surface area contributed by atoms with Crippen LogP contribution < -0.4 is 0 Å². The molecule has 2 aromatic rings. The molecule has 0 saturated heterocycles. The lowest BCUT2D eigenvalue weighted by molar-refractivity contribution is -0.383. The Labute approximate surface area is 78.7 Å². The van der Waals surface area contributed by atoms with E-state index in [1.54, 1.807) is 12.1 Å². The van der Waals surface area contributed by atoms with Crippen LogP contribution in [0.15, 0.2) is 28.7 Å². The van der Waals surface area contributed by atoms with Gasteiger partial charge in [-0.05, 0) is 12.1 Å². The second-order valence-corrected chi connectivity index (χ2v) is 2.82. The zero-order valence-electron chi connectivity index (χ0n) is 7.14. The van der Waals surface area contributed by atoms with Crippen LogP contribution in [0.3, 0.4) is 0 Å². The van der Waals surface area contributed by atoms with Gasteiger partial charge in [0.15, 0.2) is 0 Å². The fourth-order valence-electron chi connectivity index (χ4n) is 1.34. The average molecular weight is 193 g/mol. The van der Waals surface area contributed by atoms with Crippen LogP contribution in [0.5, 0.6) is 0 Å². The van der Waals surface area contributed by atoms with E-state index in [0.29, 0.717) is 16.7 Å². The topological polar surface area (TPSA) is 76.5 Å². The van der Waals surface area contributed by atoms with Crippen molar-refractivity contribution < 1.29 is 14.4 Å². The smallest absolute Gasteiger partial charge is 0.280 e. The van der Waals surface area contributed by atoms with Crippen LogP contribution in [0.25, 0.3) is 11.0 Å². The van der Waals surface area contributed by atoms with E-state index in [1.807, 2.05) is 0 Å². The third kappa shape index (κ3) is 1.23. The van der Waals surface area contributed by atoms with E-state index in [2.05, 4.69) is 0 Å². The summed E-state index contributed by atoms with van der Waals surface area (Å²) in [6.45, 7) is -0.258. The highest BCUT2D eigenvalue weighted by atomic mass is 16.6. The zero-order valence-corrected chi connectivity index (χ0v) is 7.14. The van der Waals surface area contributed by atoms with Crippen molar-refractivity contribution in [2.45, 2.75) is 6.61 Å². The van der Waals surface area contributed by atoms with Gasteiger partial charge in [0.2, 0.25) is 0 Å². The Morgan fingerprint density at radius 3 is 2.93 bits per heavy atom. The van der Waals surface area contributed by atoms with Crippen LogP contribution in [0.2, 0.25) is 0 Å². The van der Waals surface area contributed by atoms with Crippen LogP contribution in [0.1, 0.15) is 5.76 Å². The van der Waals surface area contributed by atoms with Crippen molar-refractivity contribution in [2.24, 2.45) is 0 Å². The number of aliphatic hydroxyl groups excluding tert-OH is 1. The molecule has 2 rings (SSSR count). The number of hydrogen-bond acceptors (Lipinski definition) is 4. The van der Waals surface area contributed by atoms with Crippen LogP contribution >= 0.6 is 0 Å². The van der Waals surface area contributed by atoms with Gasteiger partial charge in [0, 0.05) is 6.07 Å². The van der Waals surface area contributed by atoms with E-state index in [0.717, 1.165) is 0 Å². The molecule has 5 nitrogen and oxygen atoms in total. The first-order chi connectivity index (χ1) is 6.72. The van der Waals surface area contributed by atoms with Gasteiger partial charge in [-0.25, -0.2) is 0 Å². The van der Waals surface area contributed by atoms with E-state index in [-0.39, 0.29) is 12.3 Å². The lowest BCUT2D eigenvalue weighted by Gasteiger charge is -1.90. The number of furan rings is 1. The Morgan fingerprint density at radius 1 is 1.50 bits per heavy atom. The fraction of sp³-hybridized carbons (Fsp3) is 0.111. The zero-order chi connectivity index (χ0) is 10.1. The van der Waals surface area contributed by atoms with Crippen molar-refractivity contribution in [3.8, 4) is 0 Å². The van der Waals surface area contributed by atoms with E-state index in [1.165, 1.54) is 12.1 Å². The van der Waals surface area contributed by atoms with Crippen LogP contribution in [-0.4, -0.2) is 10.0 Å². The van der Waals surface area contributed by atoms with Gasteiger partial charge in [-0.3, -0.25) is 10.1 Å². The Bertz CT molecular complexity index is 489. The Hall–Kier alpha value is -1.88. The van der Waals surface area contributed by atoms with Crippen molar-refractivity contribution in [3.05, 3.63) is 40.1 Å². The number of nitro groups is 1. The standard InChI is InChI=1S/C9H7NO4/c11-5-6-4-7-8(10(12)13)2-1-3-9(7)14-6/h1-4,11H,5H2. The van der Waals surface area contributed by atoms with E-state index in [9.17, 15) is 10.1 Å².